The Hall–Kier alpha value is -2.37. The van der Waals surface area contributed by atoms with E-state index in [1.807, 2.05) is 7.05 Å². The summed E-state index contributed by atoms with van der Waals surface area (Å²) in [4.78, 5) is 39.8. The molecule has 0 amide bonds. The van der Waals surface area contributed by atoms with Crippen LogP contribution < -0.4 is 28.7 Å². The number of nitrogens with zero attached hydrogens (tertiary/aromatic N) is 1. The molecule has 5 aliphatic carbocycles. The highest BCUT2D eigenvalue weighted by molar-refractivity contribution is 5.89. The number of fused-ring (bicyclic) bond motifs is 2. The molecule has 13 nitrogen and oxygen atoms in total. The summed E-state index contributed by atoms with van der Waals surface area (Å²) in [6.45, 7) is 2.99. The van der Waals surface area contributed by atoms with Crippen molar-refractivity contribution in [3.8, 4) is 5.75 Å². The van der Waals surface area contributed by atoms with Gasteiger partial charge in [0.05, 0.1) is 48.9 Å². The van der Waals surface area contributed by atoms with E-state index in [2.05, 4.69) is 10.8 Å². The number of carbonyl (C=O) groups is 3. The first-order valence-corrected chi connectivity index (χ1v) is 16.9. The molecule has 5 saturated carbocycles. The van der Waals surface area contributed by atoms with Crippen LogP contribution in [0.4, 0.5) is 0 Å². The van der Waals surface area contributed by atoms with Gasteiger partial charge in [-0.3, -0.25) is 9.59 Å². The molecular weight excluding hydrogens is 765 g/mol. The zero-order chi connectivity index (χ0) is 35.3. The van der Waals surface area contributed by atoms with E-state index in [9.17, 15) is 19.5 Å². The second-order valence-corrected chi connectivity index (χ2v) is 14.9. The summed E-state index contributed by atoms with van der Waals surface area (Å²) in [6, 6.07) is 6.28. The Morgan fingerprint density at radius 2 is 1.56 bits per heavy atom. The summed E-state index contributed by atoms with van der Waals surface area (Å²) in [7, 11) is 9.98. The summed E-state index contributed by atoms with van der Waals surface area (Å²) < 4.78 is 51.6. The van der Waals surface area contributed by atoms with E-state index in [1.165, 1.54) is 21.0 Å². The van der Waals surface area contributed by atoms with Crippen LogP contribution >= 0.6 is 0 Å². The van der Waals surface area contributed by atoms with Gasteiger partial charge in [-0.15, -0.1) is 0 Å². The Kier molecular flexibility index (Phi) is 9.67. The van der Waals surface area contributed by atoms with E-state index < -0.39 is 88.2 Å². The fourth-order valence-electron chi connectivity index (χ4n) is 12.3. The number of aliphatic hydroxyl groups is 1. The molecule has 1 N–H and O–H groups in total. The molecule has 50 heavy (non-hydrogen) atoms. The van der Waals surface area contributed by atoms with Gasteiger partial charge >= 0.3 is 17.9 Å². The molecule has 5 fully saturated rings. The molecule has 7 bridgehead atoms. The van der Waals surface area contributed by atoms with E-state index in [4.69, 9.17) is 37.9 Å². The zero-order valence-corrected chi connectivity index (χ0v) is 31.9. The van der Waals surface area contributed by atoms with Crippen molar-refractivity contribution >= 4 is 24.1 Å². The summed E-state index contributed by atoms with van der Waals surface area (Å²) in [5.41, 5.74) is -4.22. The molecule has 1 aromatic rings. The van der Waals surface area contributed by atoms with Gasteiger partial charge in [-0.2, -0.15) is 0 Å². The number of halogens is 1. The third kappa shape index (κ3) is 4.66. The third-order valence-corrected chi connectivity index (χ3v) is 13.2. The number of methoxy groups -OCH3 is 5. The van der Waals surface area contributed by atoms with Crippen molar-refractivity contribution < 1.29 is 85.9 Å². The van der Waals surface area contributed by atoms with Gasteiger partial charge in [-0.1, -0.05) is 0 Å². The quantitative estimate of drug-likeness (QED) is 0.129. The number of benzene rings is 1. The molecule has 0 saturated heterocycles. The second-order valence-electron chi connectivity index (χ2n) is 14.9. The third-order valence-electron chi connectivity index (χ3n) is 13.2. The van der Waals surface area contributed by atoms with E-state index in [0.29, 0.717) is 12.2 Å². The fraction of sp³-hybridized carbons (Fsp3) is 0.722. The van der Waals surface area contributed by atoms with Gasteiger partial charge in [0.25, 0.3) is 0 Å². The highest BCUT2D eigenvalue weighted by Gasteiger charge is 2.92. The lowest BCUT2D eigenvalue weighted by Crippen LogP contribution is -3.00. The van der Waals surface area contributed by atoms with Crippen molar-refractivity contribution in [2.75, 3.05) is 49.2 Å². The Morgan fingerprint density at radius 1 is 0.880 bits per heavy atom. The van der Waals surface area contributed by atoms with Crippen LogP contribution in [0.25, 0.3) is 0 Å². The van der Waals surface area contributed by atoms with Crippen LogP contribution in [-0.2, 0) is 42.7 Å². The first-order valence-electron chi connectivity index (χ1n) is 16.9. The molecule has 1 heterocycles. The van der Waals surface area contributed by atoms with Crippen molar-refractivity contribution in [3.05, 3.63) is 29.8 Å². The average Bonchev–Trinajstić information content (AvgIpc) is 3.45. The maximum atomic E-state index is 13.9. The number of esters is 3. The summed E-state index contributed by atoms with van der Waals surface area (Å²) in [6.07, 6.45) is -0.744. The van der Waals surface area contributed by atoms with E-state index in [-0.39, 0.29) is 60.9 Å². The molecule has 7 rings (SSSR count). The van der Waals surface area contributed by atoms with Crippen LogP contribution in [0, 0.1) is 34.5 Å². The molecule has 1 aliphatic heterocycles. The fourth-order valence-corrected chi connectivity index (χ4v) is 12.3. The van der Waals surface area contributed by atoms with Gasteiger partial charge < -0.3 is 67.0 Å². The van der Waals surface area contributed by atoms with Crippen LogP contribution in [0.5, 0.6) is 5.75 Å². The van der Waals surface area contributed by atoms with Gasteiger partial charge in [-0.25, -0.2) is 9.37 Å². The van der Waals surface area contributed by atoms with Crippen molar-refractivity contribution in [2.24, 2.45) is 34.5 Å². The number of ether oxygens (including phenoxy) is 8. The Balaban J connectivity index is 0.00000432. The Morgan fingerprint density at radius 3 is 2.12 bits per heavy atom. The Labute approximate surface area is 309 Å². The molecule has 276 valence electrons. The predicted octanol–water partition coefficient (Wildman–Crippen LogP) is -1.35. The normalized spacial score (nSPS) is 44.4. The first kappa shape index (κ1) is 37.4. The van der Waals surface area contributed by atoms with Crippen LogP contribution in [-0.4, -0.2) is 131 Å². The number of hydrogen-bond acceptors (Lipinski definition) is 12. The second kappa shape index (κ2) is 12.9. The lowest BCUT2D eigenvalue weighted by molar-refractivity contribution is -0.591. The number of rotatable bonds is 10. The van der Waals surface area contributed by atoms with Gasteiger partial charge in [0.15, 0.2) is 12.3 Å². The Bertz CT molecular complexity index is 1560. The maximum Gasteiger partial charge on any atom is 0.338 e. The average molecular weight is 814 g/mol. The highest BCUT2D eigenvalue weighted by Crippen LogP contribution is 2.79. The topological polar surface area (TPSA) is 148 Å². The molecular formula is C36H48INO12. The van der Waals surface area contributed by atoms with Crippen LogP contribution in [0.2, 0.25) is 0 Å². The van der Waals surface area contributed by atoms with Crippen molar-refractivity contribution in [2.45, 2.75) is 80.9 Å². The van der Waals surface area contributed by atoms with Gasteiger partial charge in [0.1, 0.15) is 41.6 Å². The van der Waals surface area contributed by atoms with Crippen molar-refractivity contribution in [1.82, 2.24) is 0 Å². The zero-order valence-electron chi connectivity index (χ0n) is 29.8. The van der Waals surface area contributed by atoms with Crippen LogP contribution in [0.1, 0.15) is 43.5 Å². The summed E-state index contributed by atoms with van der Waals surface area (Å²) in [5.74, 6) is -2.86. The number of hydrogen-bond donors (Lipinski definition) is 1. The van der Waals surface area contributed by atoms with Gasteiger partial charge in [0.2, 0.25) is 0 Å². The monoisotopic (exact) mass is 813 g/mol. The molecule has 6 aliphatic rings. The minimum atomic E-state index is -1.62. The standard InChI is InChI=1S/C36H48NO12.HI/c1-18(38)47-23-13-24(44-6)36-22-14-34(41)25(45-7)15-35(49-19(2)39,26(22)31(34)48-32(40)20-9-11-21(43-5)12-10-20)27-28(46-8)29(36)33(23,17-42-4)16-37(3)30(27)36;/h9-12,16,22-31,41H,13-15,17H2,1-8H3;1H/q+1;/p-1/t22-,23-,24+,25+,26-,27-,28+,29-,30+,31-,33+,34+,35-,36+;/m1./s1. The summed E-state index contributed by atoms with van der Waals surface area (Å²) in [5, 5.41) is 12.8. The maximum absolute atomic E-state index is 13.9. The molecule has 1 spiro atoms. The van der Waals surface area contributed by atoms with Gasteiger partial charge in [0, 0.05) is 67.0 Å². The van der Waals surface area contributed by atoms with Crippen molar-refractivity contribution in [3.63, 3.8) is 0 Å². The van der Waals surface area contributed by atoms with E-state index in [1.54, 1.807) is 52.7 Å². The molecule has 1 aromatic carbocycles. The minimum Gasteiger partial charge on any atom is -1.00 e. The highest BCUT2D eigenvalue weighted by atomic mass is 127. The molecule has 0 radical (unpaired) electrons. The van der Waals surface area contributed by atoms with E-state index >= 15 is 0 Å². The molecule has 14 atom stereocenters. The molecule has 14 heteroatoms. The smallest absolute Gasteiger partial charge is 0.338 e. The van der Waals surface area contributed by atoms with E-state index in [0.717, 1.165) is 0 Å². The van der Waals surface area contributed by atoms with Crippen molar-refractivity contribution in [1.29, 1.82) is 0 Å². The predicted molar refractivity (Wildman–Crippen MR) is 170 cm³/mol. The largest absolute Gasteiger partial charge is 1.00 e. The summed E-state index contributed by atoms with van der Waals surface area (Å²) >= 11 is 0. The lowest BCUT2D eigenvalue weighted by Gasteiger charge is -2.63. The first-order chi connectivity index (χ1) is 23.3. The molecule has 0 unspecified atom stereocenters. The van der Waals surface area contributed by atoms with Crippen LogP contribution in [0.15, 0.2) is 24.3 Å². The minimum absolute atomic E-state index is 0. The van der Waals surface area contributed by atoms with Gasteiger partial charge in [-0.05, 0) is 36.6 Å². The molecule has 0 aromatic heterocycles. The number of carbonyl (C=O) groups excluding carboxylic acids is 3. The SMILES string of the molecule is COC[C@]12C=[N+](C)[C@H]3[C@H]4[C@H](OC)[C@H]1[C@@]3([C@@H](OC)C[C@H]2OC(C)=O)[C@@H]1C[C@]2(O)[C@@H](OC)C[C@@]4(OC(C)=O)[C@H]1[C@H]2OC(=O)c1ccc(OC)cc1.[I-]. The lowest BCUT2D eigenvalue weighted by atomic mass is 9.43. The van der Waals surface area contributed by atoms with Crippen LogP contribution in [0.3, 0.4) is 0 Å².